The van der Waals surface area contributed by atoms with Crippen molar-refractivity contribution in [3.8, 4) is 0 Å². The highest BCUT2D eigenvalue weighted by atomic mass is 35.5. The maximum Gasteiger partial charge on any atom is 0.0716 e. The summed E-state index contributed by atoms with van der Waals surface area (Å²) in [4.78, 5) is 4.15. The maximum absolute atomic E-state index is 6.11. The van der Waals surface area contributed by atoms with E-state index in [9.17, 15) is 0 Å². The molecule has 0 aliphatic carbocycles. The smallest absolute Gasteiger partial charge is 0.0716 e. The first-order chi connectivity index (χ1) is 10.2. The van der Waals surface area contributed by atoms with Crippen LogP contribution in [0.3, 0.4) is 0 Å². The highest BCUT2D eigenvalue weighted by molar-refractivity contribution is 6.42. The molecule has 3 nitrogen and oxygen atoms in total. The summed E-state index contributed by atoms with van der Waals surface area (Å²) < 4.78 is 0. The van der Waals surface area contributed by atoms with Crippen LogP contribution < -0.4 is 11.3 Å². The second kappa shape index (κ2) is 6.00. The predicted octanol–water partition coefficient (Wildman–Crippen LogP) is 4.09. The molecule has 1 aromatic heterocycles. The number of hydrogen-bond donors (Lipinski definition) is 2. The number of nitrogens with one attached hydrogen (secondary N) is 1. The van der Waals surface area contributed by atoms with Crippen molar-refractivity contribution in [2.75, 3.05) is 0 Å². The zero-order chi connectivity index (χ0) is 14.8. The second-order valence-corrected chi connectivity index (χ2v) is 5.53. The van der Waals surface area contributed by atoms with E-state index >= 15 is 0 Å². The van der Waals surface area contributed by atoms with E-state index < -0.39 is 0 Å². The van der Waals surface area contributed by atoms with Crippen LogP contribution in [0, 0.1) is 0 Å². The summed E-state index contributed by atoms with van der Waals surface area (Å²) in [5, 5.41) is 3.20. The van der Waals surface area contributed by atoms with Crippen LogP contribution in [0.25, 0.3) is 10.8 Å². The summed E-state index contributed by atoms with van der Waals surface area (Å²) in [6, 6.07) is 13.4. The van der Waals surface area contributed by atoms with Crippen LogP contribution >= 0.6 is 23.2 Å². The number of rotatable bonds is 3. The molecule has 3 aromatic rings. The van der Waals surface area contributed by atoms with E-state index in [1.165, 1.54) is 0 Å². The monoisotopic (exact) mass is 317 g/mol. The lowest BCUT2D eigenvalue weighted by molar-refractivity contribution is 0.641. The first kappa shape index (κ1) is 14.3. The van der Waals surface area contributed by atoms with E-state index in [0.29, 0.717) is 10.0 Å². The molecule has 106 valence electrons. The Hall–Kier alpha value is -1.65. The molecule has 0 amide bonds. The number of nitrogens with two attached hydrogens (primary N) is 1. The van der Waals surface area contributed by atoms with Gasteiger partial charge in [-0.05, 0) is 34.7 Å². The van der Waals surface area contributed by atoms with E-state index in [0.717, 1.165) is 21.9 Å². The molecule has 0 bridgehead atoms. The third kappa shape index (κ3) is 2.74. The number of benzene rings is 2. The summed E-state index contributed by atoms with van der Waals surface area (Å²) in [7, 11) is 0. The van der Waals surface area contributed by atoms with E-state index in [1.807, 2.05) is 42.6 Å². The van der Waals surface area contributed by atoms with Crippen LogP contribution in [-0.4, -0.2) is 4.98 Å². The van der Waals surface area contributed by atoms with Gasteiger partial charge in [0, 0.05) is 17.8 Å². The average molecular weight is 318 g/mol. The maximum atomic E-state index is 6.11. The highest BCUT2D eigenvalue weighted by Gasteiger charge is 2.16. The van der Waals surface area contributed by atoms with Crippen LogP contribution in [0.5, 0.6) is 0 Å². The first-order valence-corrected chi connectivity index (χ1v) is 7.20. The topological polar surface area (TPSA) is 50.9 Å². The third-order valence-corrected chi connectivity index (χ3v) is 4.21. The lowest BCUT2D eigenvalue weighted by atomic mass is 9.95. The molecule has 0 radical (unpaired) electrons. The summed E-state index contributed by atoms with van der Waals surface area (Å²) in [6.07, 6.45) is 3.61. The van der Waals surface area contributed by atoms with Crippen LogP contribution in [-0.2, 0) is 0 Å². The Balaban J connectivity index is 2.16. The van der Waals surface area contributed by atoms with Gasteiger partial charge in [-0.25, -0.2) is 5.43 Å². The standard InChI is InChI=1S/C16H13Cl2N3/c17-14-5-4-10(8-15(14)18)16(21-19)13-3-1-2-11-9-20-7-6-12(11)13/h1-9,16,21H,19H2. The van der Waals surface area contributed by atoms with E-state index in [2.05, 4.69) is 10.4 Å². The van der Waals surface area contributed by atoms with Crippen LogP contribution in [0.1, 0.15) is 17.2 Å². The van der Waals surface area contributed by atoms with Gasteiger partial charge >= 0.3 is 0 Å². The van der Waals surface area contributed by atoms with Gasteiger partial charge in [0.05, 0.1) is 16.1 Å². The predicted molar refractivity (Wildman–Crippen MR) is 87.4 cm³/mol. The number of hydrazine groups is 1. The molecule has 5 heteroatoms. The molecule has 0 saturated carbocycles. The Bertz CT molecular complexity index is 784. The fourth-order valence-corrected chi connectivity index (χ4v) is 2.76. The number of pyridine rings is 1. The number of nitrogens with zero attached hydrogens (tertiary/aromatic N) is 1. The summed E-state index contributed by atoms with van der Waals surface area (Å²) in [6.45, 7) is 0. The van der Waals surface area contributed by atoms with Crippen molar-refractivity contribution in [1.82, 2.24) is 10.4 Å². The van der Waals surface area contributed by atoms with Gasteiger partial charge in [-0.1, -0.05) is 47.5 Å². The van der Waals surface area contributed by atoms with Gasteiger partial charge in [-0.15, -0.1) is 0 Å². The Morgan fingerprint density at radius 3 is 2.67 bits per heavy atom. The molecule has 0 aliphatic rings. The second-order valence-electron chi connectivity index (χ2n) is 4.72. The third-order valence-electron chi connectivity index (χ3n) is 3.47. The van der Waals surface area contributed by atoms with Crippen LogP contribution in [0.15, 0.2) is 54.9 Å². The van der Waals surface area contributed by atoms with Gasteiger partial charge in [0.25, 0.3) is 0 Å². The molecule has 0 aliphatic heterocycles. The van der Waals surface area contributed by atoms with Gasteiger partial charge in [0.2, 0.25) is 0 Å². The molecule has 1 unspecified atom stereocenters. The van der Waals surface area contributed by atoms with Crippen molar-refractivity contribution in [2.45, 2.75) is 6.04 Å². The fraction of sp³-hybridized carbons (Fsp3) is 0.0625. The average Bonchev–Trinajstić information content (AvgIpc) is 2.52. The number of halogens is 2. The minimum atomic E-state index is -0.175. The summed E-state index contributed by atoms with van der Waals surface area (Å²) in [5.74, 6) is 5.77. The van der Waals surface area contributed by atoms with Crippen molar-refractivity contribution >= 4 is 34.0 Å². The molecule has 1 atom stereocenters. The van der Waals surface area contributed by atoms with E-state index in [1.54, 1.807) is 12.3 Å². The summed E-state index contributed by atoms with van der Waals surface area (Å²) in [5.41, 5.74) is 4.87. The van der Waals surface area contributed by atoms with Gasteiger partial charge in [-0.2, -0.15) is 0 Å². The minimum Gasteiger partial charge on any atom is -0.271 e. The first-order valence-electron chi connectivity index (χ1n) is 6.44. The molecule has 21 heavy (non-hydrogen) atoms. The van der Waals surface area contributed by atoms with Crippen molar-refractivity contribution in [1.29, 1.82) is 0 Å². The van der Waals surface area contributed by atoms with E-state index in [-0.39, 0.29) is 6.04 Å². The number of hydrogen-bond acceptors (Lipinski definition) is 3. The lowest BCUT2D eigenvalue weighted by Gasteiger charge is -2.19. The summed E-state index contributed by atoms with van der Waals surface area (Å²) >= 11 is 12.1. The van der Waals surface area contributed by atoms with Crippen LogP contribution in [0.4, 0.5) is 0 Å². The zero-order valence-electron chi connectivity index (χ0n) is 11.1. The van der Waals surface area contributed by atoms with Gasteiger partial charge < -0.3 is 0 Å². The molecule has 0 spiro atoms. The van der Waals surface area contributed by atoms with Crippen molar-refractivity contribution in [2.24, 2.45) is 5.84 Å². The van der Waals surface area contributed by atoms with Crippen molar-refractivity contribution in [3.05, 3.63) is 76.0 Å². The largest absolute Gasteiger partial charge is 0.271 e. The highest BCUT2D eigenvalue weighted by Crippen LogP contribution is 2.31. The van der Waals surface area contributed by atoms with Crippen molar-refractivity contribution in [3.63, 3.8) is 0 Å². The minimum absolute atomic E-state index is 0.175. The zero-order valence-corrected chi connectivity index (χ0v) is 12.6. The molecule has 3 N–H and O–H groups in total. The van der Waals surface area contributed by atoms with Gasteiger partial charge in [-0.3, -0.25) is 10.8 Å². The molecule has 0 fully saturated rings. The lowest BCUT2D eigenvalue weighted by Crippen LogP contribution is -2.29. The molecule has 0 saturated heterocycles. The van der Waals surface area contributed by atoms with E-state index in [4.69, 9.17) is 29.0 Å². The van der Waals surface area contributed by atoms with Crippen molar-refractivity contribution < 1.29 is 0 Å². The molecular formula is C16H13Cl2N3. The molecule has 2 aromatic carbocycles. The molecule has 3 rings (SSSR count). The normalized spacial score (nSPS) is 12.5. The van der Waals surface area contributed by atoms with Gasteiger partial charge in [0.15, 0.2) is 0 Å². The quantitative estimate of drug-likeness (QED) is 0.565. The molecule has 1 heterocycles. The Labute approximate surface area is 132 Å². The Morgan fingerprint density at radius 2 is 1.90 bits per heavy atom. The fourth-order valence-electron chi connectivity index (χ4n) is 2.46. The van der Waals surface area contributed by atoms with Gasteiger partial charge in [0.1, 0.15) is 0 Å². The Morgan fingerprint density at radius 1 is 1.05 bits per heavy atom. The molecular weight excluding hydrogens is 305 g/mol. The number of fused-ring (bicyclic) bond motifs is 1. The Kier molecular flexibility index (Phi) is 4.08. The SMILES string of the molecule is NNC(c1ccc(Cl)c(Cl)c1)c1cccc2cnccc12. The number of aromatic nitrogens is 1. The van der Waals surface area contributed by atoms with Crippen LogP contribution in [0.2, 0.25) is 10.0 Å².